The van der Waals surface area contributed by atoms with Crippen LogP contribution in [-0.4, -0.2) is 12.6 Å². The van der Waals surface area contributed by atoms with Crippen molar-refractivity contribution >= 4 is 0 Å². The summed E-state index contributed by atoms with van der Waals surface area (Å²) in [5, 5.41) is 3.77. The SMILES string of the molecule is C=CCCC(NCCC)C1C2CCCCC21. The van der Waals surface area contributed by atoms with Gasteiger partial charge in [0.15, 0.2) is 0 Å². The first-order chi connectivity index (χ1) is 7.88. The van der Waals surface area contributed by atoms with Crippen molar-refractivity contribution in [1.82, 2.24) is 5.32 Å². The van der Waals surface area contributed by atoms with Crippen molar-refractivity contribution in [2.45, 2.75) is 57.9 Å². The standard InChI is InChI=1S/C15H27N/c1-3-5-10-14(16-11-4-2)15-12-8-6-7-9-13(12)15/h3,12-16H,1,4-11H2,2H3. The van der Waals surface area contributed by atoms with E-state index in [1.54, 1.807) is 0 Å². The van der Waals surface area contributed by atoms with Gasteiger partial charge in [0.25, 0.3) is 0 Å². The van der Waals surface area contributed by atoms with E-state index in [1.165, 1.54) is 51.5 Å². The van der Waals surface area contributed by atoms with Crippen molar-refractivity contribution in [3.63, 3.8) is 0 Å². The van der Waals surface area contributed by atoms with Gasteiger partial charge in [0.2, 0.25) is 0 Å². The van der Waals surface area contributed by atoms with E-state index in [1.807, 2.05) is 0 Å². The first-order valence-corrected chi connectivity index (χ1v) is 7.22. The van der Waals surface area contributed by atoms with Gasteiger partial charge in [0, 0.05) is 6.04 Å². The number of rotatable bonds is 7. The van der Waals surface area contributed by atoms with Crippen LogP contribution in [0, 0.1) is 17.8 Å². The van der Waals surface area contributed by atoms with Crippen LogP contribution in [0.3, 0.4) is 0 Å². The Kier molecular flexibility index (Phi) is 4.45. The lowest BCUT2D eigenvalue weighted by molar-refractivity contribution is 0.409. The van der Waals surface area contributed by atoms with Crippen LogP contribution in [0.4, 0.5) is 0 Å². The minimum atomic E-state index is 0.783. The molecule has 2 aliphatic carbocycles. The van der Waals surface area contributed by atoms with Crippen molar-refractivity contribution in [3.05, 3.63) is 12.7 Å². The van der Waals surface area contributed by atoms with E-state index >= 15 is 0 Å². The summed E-state index contributed by atoms with van der Waals surface area (Å²) in [5.74, 6) is 3.16. The molecule has 0 aliphatic heterocycles. The molecule has 0 spiro atoms. The van der Waals surface area contributed by atoms with Gasteiger partial charge in [-0.2, -0.15) is 0 Å². The maximum absolute atomic E-state index is 3.86. The fourth-order valence-corrected chi connectivity index (χ4v) is 3.70. The number of fused-ring (bicyclic) bond motifs is 1. The number of allylic oxidation sites excluding steroid dienone is 1. The smallest absolute Gasteiger partial charge is 0.0104 e. The second-order valence-electron chi connectivity index (χ2n) is 5.62. The summed E-state index contributed by atoms with van der Waals surface area (Å²) in [6, 6.07) is 0.783. The quantitative estimate of drug-likeness (QED) is 0.646. The summed E-state index contributed by atoms with van der Waals surface area (Å²) >= 11 is 0. The van der Waals surface area contributed by atoms with Gasteiger partial charge in [-0.15, -0.1) is 6.58 Å². The zero-order valence-corrected chi connectivity index (χ0v) is 10.8. The molecule has 0 radical (unpaired) electrons. The minimum Gasteiger partial charge on any atom is -0.314 e. The Balaban J connectivity index is 1.83. The summed E-state index contributed by atoms with van der Waals surface area (Å²) in [6.07, 6.45) is 11.8. The summed E-state index contributed by atoms with van der Waals surface area (Å²) in [5.41, 5.74) is 0. The average molecular weight is 221 g/mol. The van der Waals surface area contributed by atoms with E-state index in [0.29, 0.717) is 0 Å². The van der Waals surface area contributed by atoms with Crippen LogP contribution in [0.1, 0.15) is 51.9 Å². The van der Waals surface area contributed by atoms with E-state index in [9.17, 15) is 0 Å². The predicted molar refractivity (Wildman–Crippen MR) is 70.5 cm³/mol. The molecule has 92 valence electrons. The molecular weight excluding hydrogens is 194 g/mol. The Bertz CT molecular complexity index is 211. The Morgan fingerprint density at radius 1 is 1.31 bits per heavy atom. The van der Waals surface area contributed by atoms with Crippen LogP contribution in [0.5, 0.6) is 0 Å². The largest absolute Gasteiger partial charge is 0.314 e. The van der Waals surface area contributed by atoms with Crippen molar-refractivity contribution in [1.29, 1.82) is 0 Å². The van der Waals surface area contributed by atoms with E-state index in [2.05, 4.69) is 24.9 Å². The molecule has 1 nitrogen and oxygen atoms in total. The molecule has 1 N–H and O–H groups in total. The van der Waals surface area contributed by atoms with Crippen molar-refractivity contribution < 1.29 is 0 Å². The van der Waals surface area contributed by atoms with Crippen molar-refractivity contribution in [3.8, 4) is 0 Å². The second kappa shape index (κ2) is 5.86. The summed E-state index contributed by atoms with van der Waals surface area (Å²) in [6.45, 7) is 7.31. The lowest BCUT2D eigenvalue weighted by Crippen LogP contribution is -2.32. The fourth-order valence-electron chi connectivity index (χ4n) is 3.70. The van der Waals surface area contributed by atoms with Gasteiger partial charge < -0.3 is 5.32 Å². The second-order valence-corrected chi connectivity index (χ2v) is 5.62. The molecule has 0 bridgehead atoms. The Hall–Kier alpha value is -0.300. The van der Waals surface area contributed by atoms with Gasteiger partial charge in [-0.3, -0.25) is 0 Å². The summed E-state index contributed by atoms with van der Waals surface area (Å²) in [4.78, 5) is 0. The zero-order valence-electron chi connectivity index (χ0n) is 10.8. The third-order valence-electron chi connectivity index (χ3n) is 4.53. The first kappa shape index (κ1) is 12.2. The third kappa shape index (κ3) is 2.68. The zero-order chi connectivity index (χ0) is 11.4. The molecule has 2 rings (SSSR count). The van der Waals surface area contributed by atoms with Crippen LogP contribution in [0.15, 0.2) is 12.7 Å². The molecule has 3 atom stereocenters. The molecule has 0 aromatic rings. The number of nitrogens with one attached hydrogen (secondary N) is 1. The minimum absolute atomic E-state index is 0.783. The topological polar surface area (TPSA) is 12.0 Å². The van der Waals surface area contributed by atoms with E-state index in [0.717, 1.165) is 23.8 Å². The highest BCUT2D eigenvalue weighted by molar-refractivity contribution is 5.04. The normalized spacial score (nSPS) is 34.2. The number of hydrogen-bond acceptors (Lipinski definition) is 1. The molecule has 16 heavy (non-hydrogen) atoms. The van der Waals surface area contributed by atoms with Crippen LogP contribution in [0.2, 0.25) is 0 Å². The maximum atomic E-state index is 3.86. The third-order valence-corrected chi connectivity index (χ3v) is 4.53. The summed E-state index contributed by atoms with van der Waals surface area (Å²) < 4.78 is 0. The van der Waals surface area contributed by atoms with Crippen LogP contribution < -0.4 is 5.32 Å². The molecule has 2 fully saturated rings. The van der Waals surface area contributed by atoms with Gasteiger partial charge in [0.1, 0.15) is 0 Å². The number of hydrogen-bond donors (Lipinski definition) is 1. The highest BCUT2D eigenvalue weighted by Gasteiger charge is 2.53. The molecule has 0 aromatic carbocycles. The lowest BCUT2D eigenvalue weighted by atomic mass is 10.0. The fraction of sp³-hybridized carbons (Fsp3) is 0.867. The van der Waals surface area contributed by atoms with Gasteiger partial charge in [0.05, 0.1) is 0 Å². The van der Waals surface area contributed by atoms with E-state index < -0.39 is 0 Å². The molecule has 0 aromatic heterocycles. The molecule has 2 aliphatic rings. The molecular formula is C15H27N. The first-order valence-electron chi connectivity index (χ1n) is 7.22. The Morgan fingerprint density at radius 2 is 2.00 bits per heavy atom. The van der Waals surface area contributed by atoms with Crippen molar-refractivity contribution in [2.75, 3.05) is 6.54 Å². The highest BCUT2D eigenvalue weighted by atomic mass is 14.9. The molecule has 3 unspecified atom stereocenters. The molecule has 0 heterocycles. The Morgan fingerprint density at radius 3 is 2.56 bits per heavy atom. The lowest BCUT2D eigenvalue weighted by Gasteiger charge is -2.18. The van der Waals surface area contributed by atoms with Crippen LogP contribution in [-0.2, 0) is 0 Å². The van der Waals surface area contributed by atoms with E-state index in [-0.39, 0.29) is 0 Å². The predicted octanol–water partition coefficient (Wildman–Crippen LogP) is 3.76. The molecule has 1 heteroatoms. The molecule has 0 saturated heterocycles. The van der Waals surface area contributed by atoms with Gasteiger partial charge >= 0.3 is 0 Å². The van der Waals surface area contributed by atoms with Gasteiger partial charge in [-0.05, 0) is 56.4 Å². The van der Waals surface area contributed by atoms with Gasteiger partial charge in [-0.1, -0.05) is 25.8 Å². The molecule has 0 amide bonds. The summed E-state index contributed by atoms with van der Waals surface area (Å²) in [7, 11) is 0. The Labute approximate surface area is 101 Å². The van der Waals surface area contributed by atoms with E-state index in [4.69, 9.17) is 0 Å². The monoisotopic (exact) mass is 221 g/mol. The average Bonchev–Trinajstić information content (AvgIpc) is 3.04. The maximum Gasteiger partial charge on any atom is 0.0104 e. The molecule has 2 saturated carbocycles. The van der Waals surface area contributed by atoms with Crippen LogP contribution >= 0.6 is 0 Å². The van der Waals surface area contributed by atoms with Gasteiger partial charge in [-0.25, -0.2) is 0 Å². The van der Waals surface area contributed by atoms with Crippen molar-refractivity contribution in [2.24, 2.45) is 17.8 Å². The highest BCUT2D eigenvalue weighted by Crippen LogP contribution is 2.57. The van der Waals surface area contributed by atoms with Crippen LogP contribution in [0.25, 0.3) is 0 Å².